The third-order valence-corrected chi connectivity index (χ3v) is 4.58. The molecule has 22 heavy (non-hydrogen) atoms. The van der Waals surface area contributed by atoms with Gasteiger partial charge in [-0.1, -0.05) is 41.6 Å². The Balaban J connectivity index is 1.98. The number of methoxy groups -OCH3 is 1. The minimum atomic E-state index is -0.206. The molecule has 1 aliphatic rings. The summed E-state index contributed by atoms with van der Waals surface area (Å²) in [5, 5.41) is 3.08. The Labute approximate surface area is 137 Å². The van der Waals surface area contributed by atoms with Gasteiger partial charge in [0.15, 0.2) is 0 Å². The van der Waals surface area contributed by atoms with Crippen molar-refractivity contribution in [1.82, 2.24) is 5.32 Å². The molecule has 0 unspecified atom stereocenters. The number of ether oxygens (including phenoxy) is 1. The molecule has 0 bridgehead atoms. The predicted molar refractivity (Wildman–Crippen MR) is 88.4 cm³/mol. The van der Waals surface area contributed by atoms with Gasteiger partial charge in [0.1, 0.15) is 11.9 Å². The molecule has 0 atom stereocenters. The second kappa shape index (κ2) is 6.52. The van der Waals surface area contributed by atoms with E-state index in [4.69, 9.17) is 16.3 Å². The van der Waals surface area contributed by atoms with Crippen molar-refractivity contribution in [2.45, 2.75) is 9.79 Å². The molecule has 0 radical (unpaired) electrons. The van der Waals surface area contributed by atoms with Crippen molar-refractivity contribution in [1.29, 1.82) is 0 Å². The van der Waals surface area contributed by atoms with Crippen molar-refractivity contribution in [3.05, 3.63) is 53.6 Å². The highest BCUT2D eigenvalue weighted by Crippen LogP contribution is 2.41. The maximum Gasteiger partial charge on any atom is 0.253 e. The van der Waals surface area contributed by atoms with E-state index in [2.05, 4.69) is 10.3 Å². The summed E-state index contributed by atoms with van der Waals surface area (Å²) in [5.41, 5.74) is 2.11. The van der Waals surface area contributed by atoms with E-state index in [9.17, 15) is 4.79 Å². The lowest BCUT2D eigenvalue weighted by molar-refractivity contribution is 0.0872. The van der Waals surface area contributed by atoms with E-state index >= 15 is 0 Å². The van der Waals surface area contributed by atoms with Gasteiger partial charge in [0, 0.05) is 28.0 Å². The molecule has 0 saturated heterocycles. The van der Waals surface area contributed by atoms with Crippen LogP contribution in [-0.2, 0) is 4.74 Å². The molecule has 3 rings (SSSR count). The van der Waals surface area contributed by atoms with E-state index in [1.165, 1.54) is 7.11 Å². The van der Waals surface area contributed by atoms with E-state index in [0.717, 1.165) is 15.4 Å². The summed E-state index contributed by atoms with van der Waals surface area (Å²) >= 11 is 7.90. The van der Waals surface area contributed by atoms with E-state index in [-0.39, 0.29) is 12.6 Å². The van der Waals surface area contributed by atoms with Crippen molar-refractivity contribution in [2.75, 3.05) is 13.8 Å². The summed E-state index contributed by atoms with van der Waals surface area (Å²) < 4.78 is 4.84. The van der Waals surface area contributed by atoms with Crippen LogP contribution >= 0.6 is 23.4 Å². The van der Waals surface area contributed by atoms with Gasteiger partial charge in [0.05, 0.1) is 5.69 Å². The molecule has 0 saturated carbocycles. The van der Waals surface area contributed by atoms with Crippen LogP contribution in [0.1, 0.15) is 15.9 Å². The summed E-state index contributed by atoms with van der Waals surface area (Å²) in [6.45, 7) is 0.167. The Morgan fingerprint density at radius 3 is 2.91 bits per heavy atom. The molecular formula is C16H13ClN2O2S. The molecule has 1 heterocycles. The Morgan fingerprint density at radius 1 is 1.27 bits per heavy atom. The van der Waals surface area contributed by atoms with Crippen molar-refractivity contribution in [3.63, 3.8) is 0 Å². The fraction of sp³-hybridized carbons (Fsp3) is 0.125. The summed E-state index contributed by atoms with van der Waals surface area (Å²) in [5.74, 6) is -0.206. The van der Waals surface area contributed by atoms with Gasteiger partial charge in [-0.3, -0.25) is 4.79 Å². The molecule has 2 aromatic rings. The third-order valence-electron chi connectivity index (χ3n) is 3.15. The van der Waals surface area contributed by atoms with Gasteiger partial charge in [-0.2, -0.15) is 0 Å². The lowest BCUT2D eigenvalue weighted by Crippen LogP contribution is -2.25. The molecule has 0 aromatic heterocycles. The van der Waals surface area contributed by atoms with Gasteiger partial charge < -0.3 is 10.1 Å². The SMILES string of the molecule is COCNC(=O)c1ccc2c(c1)N=C(Cl)c1ccccc1S2. The maximum absolute atomic E-state index is 12.0. The minimum absolute atomic E-state index is 0.167. The van der Waals surface area contributed by atoms with Crippen molar-refractivity contribution < 1.29 is 9.53 Å². The summed E-state index contributed by atoms with van der Waals surface area (Å²) in [7, 11) is 1.52. The number of amides is 1. The number of benzene rings is 2. The summed E-state index contributed by atoms with van der Waals surface area (Å²) in [4.78, 5) is 18.5. The molecule has 0 spiro atoms. The van der Waals surface area contributed by atoms with Gasteiger partial charge in [-0.25, -0.2) is 4.99 Å². The zero-order valence-electron chi connectivity index (χ0n) is 11.8. The predicted octanol–water partition coefficient (Wildman–Crippen LogP) is 3.80. The van der Waals surface area contributed by atoms with Gasteiger partial charge in [0.2, 0.25) is 0 Å². The quantitative estimate of drug-likeness (QED) is 0.870. The number of halogens is 1. The van der Waals surface area contributed by atoms with Crippen molar-refractivity contribution in [3.8, 4) is 0 Å². The monoisotopic (exact) mass is 332 g/mol. The number of carbonyl (C=O) groups is 1. The number of hydrogen-bond donors (Lipinski definition) is 1. The highest BCUT2D eigenvalue weighted by molar-refractivity contribution is 7.99. The van der Waals surface area contributed by atoms with Gasteiger partial charge in [-0.15, -0.1) is 0 Å². The average Bonchev–Trinajstić information content (AvgIpc) is 2.68. The Morgan fingerprint density at radius 2 is 2.09 bits per heavy atom. The molecule has 2 aromatic carbocycles. The van der Waals surface area contributed by atoms with Gasteiger partial charge in [0.25, 0.3) is 5.91 Å². The fourth-order valence-electron chi connectivity index (χ4n) is 2.08. The van der Waals surface area contributed by atoms with Crippen molar-refractivity contribution in [2.24, 2.45) is 4.99 Å². The number of fused-ring (bicyclic) bond motifs is 2. The lowest BCUT2D eigenvalue weighted by Gasteiger charge is -2.07. The fourth-order valence-corrected chi connectivity index (χ4v) is 3.40. The highest BCUT2D eigenvalue weighted by atomic mass is 35.5. The first-order chi connectivity index (χ1) is 10.7. The number of nitrogens with one attached hydrogen (secondary N) is 1. The molecule has 1 amide bonds. The van der Waals surface area contributed by atoms with E-state index in [0.29, 0.717) is 16.4 Å². The van der Waals surface area contributed by atoms with Crippen LogP contribution in [0.5, 0.6) is 0 Å². The largest absolute Gasteiger partial charge is 0.364 e. The Bertz CT molecular complexity index is 762. The molecule has 6 heteroatoms. The Kier molecular flexibility index (Phi) is 4.47. The minimum Gasteiger partial charge on any atom is -0.364 e. The molecule has 1 N–H and O–H groups in total. The third kappa shape index (κ3) is 3.02. The van der Waals surface area contributed by atoms with Crippen LogP contribution in [0.3, 0.4) is 0 Å². The number of nitrogens with zero attached hydrogens (tertiary/aromatic N) is 1. The first-order valence-corrected chi connectivity index (χ1v) is 7.81. The smallest absolute Gasteiger partial charge is 0.253 e. The zero-order valence-corrected chi connectivity index (χ0v) is 13.4. The first-order valence-electron chi connectivity index (χ1n) is 6.61. The normalized spacial score (nSPS) is 12.7. The summed E-state index contributed by atoms with van der Waals surface area (Å²) in [6.07, 6.45) is 0. The number of carbonyl (C=O) groups excluding carboxylic acids is 1. The van der Waals surface area contributed by atoms with E-state index in [1.54, 1.807) is 23.9 Å². The van der Waals surface area contributed by atoms with Crippen LogP contribution in [0, 0.1) is 0 Å². The number of rotatable bonds is 3. The molecule has 1 aliphatic heterocycles. The van der Waals surface area contributed by atoms with Crippen LogP contribution in [0.25, 0.3) is 0 Å². The van der Waals surface area contributed by atoms with Crippen molar-refractivity contribution >= 4 is 40.1 Å². The zero-order chi connectivity index (χ0) is 15.5. The molecule has 0 aliphatic carbocycles. The summed E-state index contributed by atoms with van der Waals surface area (Å²) in [6, 6.07) is 13.2. The molecule has 4 nitrogen and oxygen atoms in total. The van der Waals surface area contributed by atoms with E-state index < -0.39 is 0 Å². The van der Waals surface area contributed by atoms with Crippen LogP contribution in [0.2, 0.25) is 0 Å². The van der Waals surface area contributed by atoms with Crippen LogP contribution in [-0.4, -0.2) is 24.9 Å². The average molecular weight is 333 g/mol. The highest BCUT2D eigenvalue weighted by Gasteiger charge is 2.17. The topological polar surface area (TPSA) is 50.7 Å². The first kappa shape index (κ1) is 15.1. The number of hydrogen-bond acceptors (Lipinski definition) is 4. The van der Waals surface area contributed by atoms with Gasteiger partial charge in [-0.05, 0) is 24.3 Å². The second-order valence-corrected chi connectivity index (χ2v) is 6.06. The van der Waals surface area contributed by atoms with E-state index in [1.807, 2.05) is 30.3 Å². The lowest BCUT2D eigenvalue weighted by atomic mass is 10.2. The van der Waals surface area contributed by atoms with Crippen LogP contribution in [0.15, 0.2) is 57.2 Å². The van der Waals surface area contributed by atoms with Crippen LogP contribution < -0.4 is 5.32 Å². The molecular weight excluding hydrogens is 320 g/mol. The molecule has 112 valence electrons. The Hall–Kier alpha value is -1.82. The maximum atomic E-state index is 12.0. The van der Waals surface area contributed by atoms with Crippen LogP contribution in [0.4, 0.5) is 5.69 Å². The van der Waals surface area contributed by atoms with Gasteiger partial charge >= 0.3 is 0 Å². The molecule has 0 fully saturated rings. The standard InChI is InChI=1S/C16H13ClN2O2S/c1-21-9-18-16(20)10-6-7-14-12(8-10)19-15(17)11-4-2-3-5-13(11)22-14/h2-8H,9H2,1H3,(H,18,20). The second-order valence-electron chi connectivity index (χ2n) is 4.62. The number of aliphatic imine (C=N–C) groups is 1.